The fraction of sp³-hybridized carbons (Fsp3) is 0.700. The van der Waals surface area contributed by atoms with Crippen LogP contribution in [0.3, 0.4) is 0 Å². The van der Waals surface area contributed by atoms with E-state index in [0.717, 1.165) is 19.3 Å². The van der Waals surface area contributed by atoms with E-state index in [1.807, 2.05) is 20.8 Å². The molecule has 120 valence electrons. The molecule has 1 aromatic rings. The summed E-state index contributed by atoms with van der Waals surface area (Å²) in [4.78, 5) is 0. The summed E-state index contributed by atoms with van der Waals surface area (Å²) in [5.74, 6) is 0.890. The highest BCUT2D eigenvalue weighted by atomic mass is 16.3. The summed E-state index contributed by atoms with van der Waals surface area (Å²) < 4.78 is 0. The van der Waals surface area contributed by atoms with E-state index < -0.39 is 0 Å². The van der Waals surface area contributed by atoms with Gasteiger partial charge in [-0.1, -0.05) is 59.7 Å². The van der Waals surface area contributed by atoms with E-state index in [1.165, 1.54) is 16.7 Å². The van der Waals surface area contributed by atoms with Crippen molar-refractivity contribution in [2.75, 3.05) is 0 Å². The van der Waals surface area contributed by atoms with Crippen molar-refractivity contribution in [3.05, 3.63) is 34.9 Å². The molecule has 2 rings (SSSR count). The Morgan fingerprint density at radius 2 is 1.86 bits per heavy atom. The lowest BCUT2D eigenvalue weighted by atomic mass is 9.73. The predicted molar refractivity (Wildman–Crippen MR) is 92.9 cm³/mol. The average Bonchev–Trinajstić information content (AvgIpc) is 2.40. The molecule has 1 N–H and O–H groups in total. The minimum atomic E-state index is -0.200. The van der Waals surface area contributed by atoms with E-state index in [0.29, 0.717) is 17.3 Å². The highest BCUT2D eigenvalue weighted by molar-refractivity contribution is 5.37. The van der Waals surface area contributed by atoms with Gasteiger partial charge in [0.05, 0.1) is 6.10 Å². The molecule has 0 aliphatic heterocycles. The standard InChI is InChI=1S/C18H28O.C2H6/c1-12-16(13(2)19)9-8-15-7-6-14(10-17(12)15)11-18(3,4)5;1-2/h6-7,10,12-13,16,19H,8-9,11H2,1-5H3;1-2H3. The number of aryl methyl sites for hydroxylation is 1. The Bertz CT molecular complexity index is 440. The van der Waals surface area contributed by atoms with Crippen molar-refractivity contribution in [1.82, 2.24) is 0 Å². The van der Waals surface area contributed by atoms with Crippen LogP contribution < -0.4 is 0 Å². The van der Waals surface area contributed by atoms with E-state index in [-0.39, 0.29) is 6.10 Å². The summed E-state index contributed by atoms with van der Waals surface area (Å²) in [6, 6.07) is 6.99. The van der Waals surface area contributed by atoms with E-state index in [1.54, 1.807) is 0 Å². The third-order valence-corrected chi connectivity index (χ3v) is 4.44. The van der Waals surface area contributed by atoms with Crippen LogP contribution in [0.4, 0.5) is 0 Å². The van der Waals surface area contributed by atoms with Crippen LogP contribution in [-0.4, -0.2) is 11.2 Å². The van der Waals surface area contributed by atoms with Crippen molar-refractivity contribution in [2.24, 2.45) is 11.3 Å². The number of hydrogen-bond acceptors (Lipinski definition) is 1. The molecule has 0 amide bonds. The van der Waals surface area contributed by atoms with E-state index >= 15 is 0 Å². The van der Waals surface area contributed by atoms with Gasteiger partial charge in [0.25, 0.3) is 0 Å². The maximum Gasteiger partial charge on any atom is 0.0546 e. The van der Waals surface area contributed by atoms with Gasteiger partial charge in [0, 0.05) is 0 Å². The zero-order chi connectivity index (χ0) is 16.2. The van der Waals surface area contributed by atoms with Crippen LogP contribution in [0.1, 0.15) is 77.5 Å². The second-order valence-electron chi connectivity index (χ2n) is 7.50. The number of benzene rings is 1. The summed E-state index contributed by atoms with van der Waals surface area (Å²) in [7, 11) is 0. The van der Waals surface area contributed by atoms with Crippen LogP contribution in [0.2, 0.25) is 0 Å². The fourth-order valence-electron chi connectivity index (χ4n) is 3.48. The molecule has 1 aliphatic carbocycles. The van der Waals surface area contributed by atoms with Gasteiger partial charge >= 0.3 is 0 Å². The van der Waals surface area contributed by atoms with Gasteiger partial charge in [-0.15, -0.1) is 0 Å². The minimum absolute atomic E-state index is 0.200. The van der Waals surface area contributed by atoms with Gasteiger partial charge in [-0.25, -0.2) is 0 Å². The van der Waals surface area contributed by atoms with Gasteiger partial charge in [0.1, 0.15) is 0 Å². The van der Waals surface area contributed by atoms with E-state index in [2.05, 4.69) is 45.9 Å². The van der Waals surface area contributed by atoms with Crippen molar-refractivity contribution in [3.8, 4) is 0 Å². The Morgan fingerprint density at radius 3 is 2.38 bits per heavy atom. The molecular weight excluding hydrogens is 256 g/mol. The lowest BCUT2D eigenvalue weighted by Gasteiger charge is -2.34. The monoisotopic (exact) mass is 290 g/mol. The molecule has 21 heavy (non-hydrogen) atoms. The van der Waals surface area contributed by atoms with Crippen LogP contribution in [0.5, 0.6) is 0 Å². The number of rotatable bonds is 2. The Hall–Kier alpha value is -0.820. The lowest BCUT2D eigenvalue weighted by Crippen LogP contribution is -2.27. The molecule has 1 aromatic carbocycles. The second-order valence-corrected chi connectivity index (χ2v) is 7.50. The van der Waals surface area contributed by atoms with E-state index in [9.17, 15) is 5.11 Å². The molecule has 3 atom stereocenters. The Balaban J connectivity index is 0.00000106. The van der Waals surface area contributed by atoms with Gasteiger partial charge in [-0.2, -0.15) is 0 Å². The second kappa shape index (κ2) is 7.45. The van der Waals surface area contributed by atoms with Gasteiger partial charge in [-0.3, -0.25) is 0 Å². The molecule has 0 spiro atoms. The molecule has 3 unspecified atom stereocenters. The van der Waals surface area contributed by atoms with Crippen molar-refractivity contribution >= 4 is 0 Å². The van der Waals surface area contributed by atoms with Crippen molar-refractivity contribution in [1.29, 1.82) is 0 Å². The Labute approximate surface area is 131 Å². The SMILES string of the molecule is CC.CC(O)C1CCc2ccc(CC(C)(C)C)cc2C1C. The van der Waals surface area contributed by atoms with Crippen LogP contribution in [0.25, 0.3) is 0 Å². The number of aliphatic hydroxyl groups excluding tert-OH is 1. The van der Waals surface area contributed by atoms with Crippen LogP contribution in [0.15, 0.2) is 18.2 Å². The molecule has 0 fully saturated rings. The first-order valence-corrected chi connectivity index (χ1v) is 8.58. The smallest absolute Gasteiger partial charge is 0.0546 e. The summed E-state index contributed by atoms with van der Waals surface area (Å²) in [6.45, 7) is 15.1. The third-order valence-electron chi connectivity index (χ3n) is 4.44. The van der Waals surface area contributed by atoms with Crippen LogP contribution >= 0.6 is 0 Å². The van der Waals surface area contributed by atoms with Crippen molar-refractivity contribution in [2.45, 2.75) is 79.8 Å². The molecule has 0 aromatic heterocycles. The fourth-order valence-corrected chi connectivity index (χ4v) is 3.48. The zero-order valence-corrected chi connectivity index (χ0v) is 15.0. The predicted octanol–water partition coefficient (Wildman–Crippen LogP) is 5.35. The highest BCUT2D eigenvalue weighted by Crippen LogP contribution is 2.38. The summed E-state index contributed by atoms with van der Waals surface area (Å²) in [5, 5.41) is 9.93. The highest BCUT2D eigenvalue weighted by Gasteiger charge is 2.29. The minimum Gasteiger partial charge on any atom is -0.393 e. The van der Waals surface area contributed by atoms with Gasteiger partial charge in [0.15, 0.2) is 0 Å². The topological polar surface area (TPSA) is 20.2 Å². The van der Waals surface area contributed by atoms with Crippen molar-refractivity contribution < 1.29 is 5.11 Å². The third kappa shape index (κ3) is 4.85. The Kier molecular flexibility index (Phi) is 6.46. The summed E-state index contributed by atoms with van der Waals surface area (Å²) >= 11 is 0. The summed E-state index contributed by atoms with van der Waals surface area (Å²) in [6.07, 6.45) is 3.15. The maximum absolute atomic E-state index is 9.93. The molecule has 0 heterocycles. The average molecular weight is 290 g/mol. The number of fused-ring (bicyclic) bond motifs is 1. The van der Waals surface area contributed by atoms with Gasteiger partial charge in [0.2, 0.25) is 0 Å². The number of aliphatic hydroxyl groups is 1. The molecule has 1 nitrogen and oxygen atoms in total. The molecule has 1 heteroatoms. The summed E-state index contributed by atoms with van der Waals surface area (Å²) in [5.41, 5.74) is 4.72. The Morgan fingerprint density at radius 1 is 1.24 bits per heavy atom. The molecule has 0 radical (unpaired) electrons. The zero-order valence-electron chi connectivity index (χ0n) is 15.0. The largest absolute Gasteiger partial charge is 0.393 e. The molecule has 0 bridgehead atoms. The van der Waals surface area contributed by atoms with Gasteiger partial charge in [-0.05, 0) is 60.1 Å². The van der Waals surface area contributed by atoms with Crippen molar-refractivity contribution in [3.63, 3.8) is 0 Å². The lowest BCUT2D eigenvalue weighted by molar-refractivity contribution is 0.102. The normalized spacial score (nSPS) is 22.9. The number of hydrogen-bond donors (Lipinski definition) is 1. The molecule has 0 saturated heterocycles. The van der Waals surface area contributed by atoms with Crippen LogP contribution in [0, 0.1) is 11.3 Å². The molecule has 1 aliphatic rings. The first-order valence-electron chi connectivity index (χ1n) is 8.58. The molecule has 0 saturated carbocycles. The molecular formula is C20H34O. The van der Waals surface area contributed by atoms with E-state index in [4.69, 9.17) is 0 Å². The van der Waals surface area contributed by atoms with Gasteiger partial charge < -0.3 is 5.11 Å². The first-order chi connectivity index (χ1) is 9.78. The first kappa shape index (κ1) is 18.2. The van der Waals surface area contributed by atoms with Crippen LogP contribution in [-0.2, 0) is 12.8 Å². The quantitative estimate of drug-likeness (QED) is 0.778. The maximum atomic E-state index is 9.93.